The zero-order chi connectivity index (χ0) is 16.4. The minimum Gasteiger partial charge on any atom is -0.482 e. The molecule has 7 heteroatoms. The van der Waals surface area contributed by atoms with Gasteiger partial charge in [0.1, 0.15) is 5.75 Å². The number of hydrazone groups is 1. The lowest BCUT2D eigenvalue weighted by molar-refractivity contribution is -0.118. The van der Waals surface area contributed by atoms with Gasteiger partial charge in [-0.3, -0.25) is 15.2 Å². The van der Waals surface area contributed by atoms with Crippen LogP contribution in [0.15, 0.2) is 28.3 Å². The second-order valence-corrected chi connectivity index (χ2v) is 7.20. The minimum atomic E-state index is -0.125. The van der Waals surface area contributed by atoms with Crippen LogP contribution in [0.1, 0.15) is 37.7 Å². The lowest BCUT2D eigenvalue weighted by atomic mass is 9.96. The van der Waals surface area contributed by atoms with Crippen LogP contribution in [-0.4, -0.2) is 35.2 Å². The summed E-state index contributed by atoms with van der Waals surface area (Å²) in [5.41, 5.74) is 5.72. The van der Waals surface area contributed by atoms with Crippen molar-refractivity contribution in [3.8, 4) is 5.75 Å². The molecule has 1 aromatic carbocycles. The van der Waals surface area contributed by atoms with Crippen LogP contribution in [0.4, 0.5) is 5.69 Å². The molecule has 126 valence electrons. The van der Waals surface area contributed by atoms with E-state index in [1.54, 1.807) is 11.8 Å². The van der Waals surface area contributed by atoms with Gasteiger partial charge >= 0.3 is 0 Å². The fourth-order valence-corrected chi connectivity index (χ4v) is 4.01. The molecule has 2 aliphatic heterocycles. The molecule has 24 heavy (non-hydrogen) atoms. The Kier molecular flexibility index (Phi) is 4.42. The molecular weight excluding hydrogens is 324 g/mol. The number of nitrogens with one attached hydrogen (secondary N) is 2. The van der Waals surface area contributed by atoms with Crippen molar-refractivity contribution >= 4 is 34.2 Å². The van der Waals surface area contributed by atoms with Crippen LogP contribution in [0.3, 0.4) is 0 Å². The minimum absolute atomic E-state index is 0.0751. The normalized spacial score (nSPS) is 22.9. The van der Waals surface area contributed by atoms with Crippen molar-refractivity contribution < 1.29 is 9.53 Å². The molecule has 2 N–H and O–H groups in total. The summed E-state index contributed by atoms with van der Waals surface area (Å²) < 4.78 is 5.39. The summed E-state index contributed by atoms with van der Waals surface area (Å²) in [5, 5.41) is 8.23. The fourth-order valence-electron chi connectivity index (χ4n) is 3.17. The van der Waals surface area contributed by atoms with E-state index in [1.165, 1.54) is 32.1 Å². The van der Waals surface area contributed by atoms with Gasteiger partial charge in [0.2, 0.25) is 0 Å². The lowest BCUT2D eigenvalue weighted by Crippen LogP contribution is -2.28. The molecule has 0 bridgehead atoms. The van der Waals surface area contributed by atoms with Crippen molar-refractivity contribution in [2.24, 2.45) is 10.1 Å². The van der Waals surface area contributed by atoms with Crippen molar-refractivity contribution in [1.29, 1.82) is 0 Å². The summed E-state index contributed by atoms with van der Waals surface area (Å²) in [4.78, 5) is 16.2. The average molecular weight is 344 g/mol. The Morgan fingerprint density at radius 3 is 2.92 bits per heavy atom. The molecule has 4 rings (SSSR count). The zero-order valence-electron chi connectivity index (χ0n) is 13.4. The Hall–Kier alpha value is -2.02. The maximum atomic E-state index is 11.4. The largest absolute Gasteiger partial charge is 0.482 e. The van der Waals surface area contributed by atoms with E-state index in [4.69, 9.17) is 9.73 Å². The second-order valence-electron chi connectivity index (χ2n) is 6.23. The van der Waals surface area contributed by atoms with E-state index in [-0.39, 0.29) is 12.5 Å². The van der Waals surface area contributed by atoms with E-state index in [2.05, 4.69) is 15.8 Å². The first-order chi connectivity index (χ1) is 11.8. The molecule has 1 amide bonds. The van der Waals surface area contributed by atoms with Crippen LogP contribution in [0, 0.1) is 0 Å². The Balaban J connectivity index is 1.47. The molecule has 1 fully saturated rings. The summed E-state index contributed by atoms with van der Waals surface area (Å²) in [7, 11) is 0. The highest BCUT2D eigenvalue weighted by Gasteiger charge is 2.20. The van der Waals surface area contributed by atoms with E-state index < -0.39 is 0 Å². The SMILES string of the molecule is O=C1COc2ccc(C3=NNC(=NC4CCCCC4)SC3)cc2N1. The standard InChI is InChI=1S/C17H20N4O2S/c22-16-9-23-15-7-6-11(8-13(15)19-16)14-10-24-17(21-20-14)18-12-4-2-1-3-5-12/h6-8,12H,1-5,9-10H2,(H,18,21)(H,19,22). The number of aliphatic imine (C=N–C) groups is 1. The van der Waals surface area contributed by atoms with Gasteiger partial charge in [-0.05, 0) is 31.0 Å². The highest BCUT2D eigenvalue weighted by atomic mass is 32.2. The zero-order valence-corrected chi connectivity index (χ0v) is 14.2. The van der Waals surface area contributed by atoms with Gasteiger partial charge in [-0.15, -0.1) is 0 Å². The van der Waals surface area contributed by atoms with Gasteiger partial charge in [0, 0.05) is 11.3 Å². The topological polar surface area (TPSA) is 75.1 Å². The van der Waals surface area contributed by atoms with Gasteiger partial charge in [0.25, 0.3) is 5.91 Å². The van der Waals surface area contributed by atoms with E-state index in [0.29, 0.717) is 17.5 Å². The van der Waals surface area contributed by atoms with E-state index in [9.17, 15) is 4.79 Å². The fraction of sp³-hybridized carbons (Fsp3) is 0.471. The first-order valence-corrected chi connectivity index (χ1v) is 9.37. The van der Waals surface area contributed by atoms with Gasteiger partial charge in [0.05, 0.1) is 17.4 Å². The Labute approximate surface area is 145 Å². The molecular formula is C17H20N4O2S. The third-order valence-corrected chi connectivity index (χ3v) is 5.34. The van der Waals surface area contributed by atoms with Crippen LogP contribution in [0.5, 0.6) is 5.75 Å². The van der Waals surface area contributed by atoms with Crippen molar-refractivity contribution in [3.05, 3.63) is 23.8 Å². The number of benzene rings is 1. The molecule has 0 radical (unpaired) electrons. The number of hydrogen-bond donors (Lipinski definition) is 2. The summed E-state index contributed by atoms with van der Waals surface area (Å²) in [6, 6.07) is 6.21. The number of ether oxygens (including phenoxy) is 1. The van der Waals surface area contributed by atoms with Crippen molar-refractivity contribution in [1.82, 2.24) is 5.43 Å². The summed E-state index contributed by atoms with van der Waals surface area (Å²) in [6.45, 7) is 0.0751. The van der Waals surface area contributed by atoms with Crippen LogP contribution >= 0.6 is 11.8 Å². The Morgan fingerprint density at radius 1 is 1.25 bits per heavy atom. The van der Waals surface area contributed by atoms with Gasteiger partial charge in [0.15, 0.2) is 11.8 Å². The monoisotopic (exact) mass is 344 g/mol. The van der Waals surface area contributed by atoms with E-state index in [1.807, 2.05) is 18.2 Å². The van der Waals surface area contributed by atoms with Gasteiger partial charge in [-0.25, -0.2) is 0 Å². The highest BCUT2D eigenvalue weighted by molar-refractivity contribution is 8.14. The molecule has 1 aliphatic carbocycles. The first kappa shape index (κ1) is 15.5. The molecule has 0 saturated heterocycles. The van der Waals surface area contributed by atoms with Crippen LogP contribution < -0.4 is 15.5 Å². The lowest BCUT2D eigenvalue weighted by Gasteiger charge is -2.22. The number of hydrogen-bond acceptors (Lipinski definition) is 5. The van der Waals surface area contributed by atoms with E-state index in [0.717, 1.165) is 22.2 Å². The maximum absolute atomic E-state index is 11.4. The number of amides is 1. The van der Waals surface area contributed by atoms with Crippen LogP contribution in [0.25, 0.3) is 0 Å². The maximum Gasteiger partial charge on any atom is 0.262 e. The molecule has 1 aromatic rings. The van der Waals surface area contributed by atoms with Gasteiger partial charge in [-0.1, -0.05) is 31.0 Å². The molecule has 3 aliphatic rings. The predicted molar refractivity (Wildman–Crippen MR) is 97.0 cm³/mol. The number of thioether (sulfide) groups is 1. The number of anilines is 1. The van der Waals surface area contributed by atoms with Crippen LogP contribution in [-0.2, 0) is 4.79 Å². The molecule has 1 saturated carbocycles. The third kappa shape index (κ3) is 3.40. The van der Waals surface area contributed by atoms with Gasteiger partial charge < -0.3 is 10.1 Å². The van der Waals surface area contributed by atoms with Gasteiger partial charge in [-0.2, -0.15) is 5.10 Å². The number of nitrogens with zero attached hydrogens (tertiary/aromatic N) is 2. The third-order valence-electron chi connectivity index (χ3n) is 4.45. The molecule has 0 aromatic heterocycles. The summed E-state index contributed by atoms with van der Waals surface area (Å²) >= 11 is 1.69. The number of amidine groups is 1. The highest BCUT2D eigenvalue weighted by Crippen LogP contribution is 2.29. The second kappa shape index (κ2) is 6.84. The average Bonchev–Trinajstić information content (AvgIpc) is 2.62. The molecule has 0 spiro atoms. The predicted octanol–water partition coefficient (Wildman–Crippen LogP) is 2.75. The molecule has 0 unspecified atom stereocenters. The quantitative estimate of drug-likeness (QED) is 0.865. The van der Waals surface area contributed by atoms with E-state index >= 15 is 0 Å². The summed E-state index contributed by atoms with van der Waals surface area (Å²) in [5.74, 6) is 1.35. The van der Waals surface area contributed by atoms with Crippen molar-refractivity contribution in [2.75, 3.05) is 17.7 Å². The smallest absolute Gasteiger partial charge is 0.262 e. The number of rotatable bonds is 2. The Bertz CT molecular complexity index is 711. The van der Waals surface area contributed by atoms with Crippen molar-refractivity contribution in [3.63, 3.8) is 0 Å². The van der Waals surface area contributed by atoms with Crippen LogP contribution in [0.2, 0.25) is 0 Å². The molecule has 2 heterocycles. The number of carbonyl (C=O) groups excluding carboxylic acids is 1. The van der Waals surface area contributed by atoms with Crippen molar-refractivity contribution in [2.45, 2.75) is 38.1 Å². The Morgan fingerprint density at radius 2 is 2.12 bits per heavy atom. The molecule has 6 nitrogen and oxygen atoms in total. The number of carbonyl (C=O) groups is 1. The first-order valence-electron chi connectivity index (χ1n) is 8.38. The number of fused-ring (bicyclic) bond motifs is 1. The summed E-state index contributed by atoms with van der Waals surface area (Å²) in [6.07, 6.45) is 6.27. The molecule has 0 atom stereocenters.